The highest BCUT2D eigenvalue weighted by atomic mass is 32.1. The second kappa shape index (κ2) is 8.40. The van der Waals surface area contributed by atoms with E-state index < -0.39 is 5.97 Å². The van der Waals surface area contributed by atoms with Crippen molar-refractivity contribution in [3.8, 4) is 0 Å². The second-order valence-corrected chi connectivity index (χ2v) is 6.04. The maximum absolute atomic E-state index is 12.8. The van der Waals surface area contributed by atoms with Gasteiger partial charge in [-0.05, 0) is 43.2 Å². The van der Waals surface area contributed by atoms with Crippen LogP contribution in [0.15, 0.2) is 36.4 Å². The number of nitrogens with one attached hydrogen (secondary N) is 1. The summed E-state index contributed by atoms with van der Waals surface area (Å²) in [5, 5.41) is 3.18. The van der Waals surface area contributed by atoms with E-state index in [0.29, 0.717) is 16.1 Å². The number of esters is 1. The van der Waals surface area contributed by atoms with Gasteiger partial charge in [0.25, 0.3) is 0 Å². The van der Waals surface area contributed by atoms with E-state index in [1.807, 2.05) is 6.92 Å². The van der Waals surface area contributed by atoms with Crippen LogP contribution in [0.2, 0.25) is 0 Å². The van der Waals surface area contributed by atoms with Gasteiger partial charge in [-0.3, -0.25) is 4.79 Å². The van der Waals surface area contributed by atoms with Gasteiger partial charge in [0.2, 0.25) is 5.91 Å². The van der Waals surface area contributed by atoms with Crippen molar-refractivity contribution >= 4 is 34.3 Å². The van der Waals surface area contributed by atoms with E-state index in [0.717, 1.165) is 11.3 Å². The van der Waals surface area contributed by atoms with Crippen molar-refractivity contribution in [3.05, 3.63) is 58.2 Å². The van der Waals surface area contributed by atoms with Crippen LogP contribution in [0.3, 0.4) is 0 Å². The lowest BCUT2D eigenvalue weighted by Crippen LogP contribution is -2.11. The molecule has 1 aromatic heterocycles. The van der Waals surface area contributed by atoms with E-state index in [2.05, 4.69) is 5.32 Å². The van der Waals surface area contributed by atoms with E-state index in [4.69, 9.17) is 4.74 Å². The number of aryl methyl sites for hydroxylation is 1. The second-order valence-electron chi connectivity index (χ2n) is 4.90. The third kappa shape index (κ3) is 4.76. The third-order valence-electron chi connectivity index (χ3n) is 3.16. The molecule has 126 valence electrons. The van der Waals surface area contributed by atoms with Crippen molar-refractivity contribution in [2.75, 3.05) is 11.9 Å². The van der Waals surface area contributed by atoms with Gasteiger partial charge >= 0.3 is 5.97 Å². The zero-order chi connectivity index (χ0) is 17.5. The van der Waals surface area contributed by atoms with Gasteiger partial charge in [-0.2, -0.15) is 0 Å². The molecule has 0 unspecified atom stereocenters. The molecule has 1 N–H and O–H groups in total. The quantitative estimate of drug-likeness (QED) is 0.627. The van der Waals surface area contributed by atoms with Crippen molar-refractivity contribution in [1.82, 2.24) is 0 Å². The number of ether oxygens (including phenoxy) is 1. The minimum Gasteiger partial charge on any atom is -0.462 e. The number of thiophene rings is 1. The highest BCUT2D eigenvalue weighted by Gasteiger charge is 2.17. The van der Waals surface area contributed by atoms with Crippen LogP contribution in [0.4, 0.5) is 9.39 Å². The first-order valence-electron chi connectivity index (χ1n) is 7.58. The summed E-state index contributed by atoms with van der Waals surface area (Å²) >= 11 is 1.35. The van der Waals surface area contributed by atoms with Crippen molar-refractivity contribution in [1.29, 1.82) is 0 Å². The zero-order valence-corrected chi connectivity index (χ0v) is 14.3. The SMILES string of the molecule is CCOC(=O)c1cc(CC)sc1NC(=O)/C=C/c1ccc(F)cc1. The molecule has 0 spiro atoms. The maximum atomic E-state index is 12.8. The molecule has 0 fully saturated rings. The number of amides is 1. The lowest BCUT2D eigenvalue weighted by molar-refractivity contribution is -0.111. The molecule has 4 nitrogen and oxygen atoms in total. The van der Waals surface area contributed by atoms with E-state index in [-0.39, 0.29) is 18.3 Å². The molecule has 2 rings (SSSR count). The summed E-state index contributed by atoms with van der Waals surface area (Å²) in [5.74, 6) is -1.15. The summed E-state index contributed by atoms with van der Waals surface area (Å²) < 4.78 is 17.9. The Morgan fingerprint density at radius 3 is 2.58 bits per heavy atom. The number of carbonyl (C=O) groups excluding carboxylic acids is 2. The molecule has 0 saturated heterocycles. The molecule has 0 radical (unpaired) electrons. The fourth-order valence-corrected chi connectivity index (χ4v) is 2.96. The van der Waals surface area contributed by atoms with Gasteiger partial charge in [0.15, 0.2) is 0 Å². The average molecular weight is 347 g/mol. The molecule has 0 atom stereocenters. The van der Waals surface area contributed by atoms with Crippen LogP contribution in [0.5, 0.6) is 0 Å². The minimum absolute atomic E-state index is 0.272. The Bertz CT molecular complexity index is 750. The van der Waals surface area contributed by atoms with Crippen molar-refractivity contribution in [2.24, 2.45) is 0 Å². The maximum Gasteiger partial charge on any atom is 0.341 e. The first-order valence-corrected chi connectivity index (χ1v) is 8.39. The van der Waals surface area contributed by atoms with Crippen LogP contribution >= 0.6 is 11.3 Å². The van der Waals surface area contributed by atoms with Gasteiger partial charge in [0.05, 0.1) is 12.2 Å². The highest BCUT2D eigenvalue weighted by molar-refractivity contribution is 7.16. The van der Waals surface area contributed by atoms with Gasteiger partial charge in [0, 0.05) is 11.0 Å². The van der Waals surface area contributed by atoms with Gasteiger partial charge in [0.1, 0.15) is 10.8 Å². The molecule has 0 bridgehead atoms. The van der Waals surface area contributed by atoms with Crippen molar-refractivity contribution < 1.29 is 18.7 Å². The van der Waals surface area contributed by atoms with Crippen LogP contribution in [-0.4, -0.2) is 18.5 Å². The average Bonchev–Trinajstić information content (AvgIpc) is 2.97. The molecular formula is C18H18FNO3S. The van der Waals surface area contributed by atoms with Gasteiger partial charge in [-0.25, -0.2) is 9.18 Å². The number of hydrogen-bond acceptors (Lipinski definition) is 4. The Labute approximate surface area is 144 Å². The Morgan fingerprint density at radius 2 is 1.96 bits per heavy atom. The fourth-order valence-electron chi connectivity index (χ4n) is 1.97. The number of benzene rings is 1. The van der Waals surface area contributed by atoms with Crippen LogP contribution in [-0.2, 0) is 16.0 Å². The van der Waals surface area contributed by atoms with Crippen LogP contribution in [0.1, 0.15) is 34.6 Å². The minimum atomic E-state index is -0.453. The zero-order valence-electron chi connectivity index (χ0n) is 13.5. The van der Waals surface area contributed by atoms with Crippen LogP contribution in [0, 0.1) is 5.82 Å². The van der Waals surface area contributed by atoms with Crippen LogP contribution < -0.4 is 5.32 Å². The summed E-state index contributed by atoms with van der Waals surface area (Å²) in [5.41, 5.74) is 1.07. The van der Waals surface area contributed by atoms with E-state index in [1.165, 1.54) is 29.5 Å². The largest absolute Gasteiger partial charge is 0.462 e. The Balaban J connectivity index is 2.11. The molecule has 0 aliphatic carbocycles. The summed E-state index contributed by atoms with van der Waals surface area (Å²) in [4.78, 5) is 25.0. The topological polar surface area (TPSA) is 55.4 Å². The molecule has 0 aliphatic heterocycles. The molecule has 6 heteroatoms. The third-order valence-corrected chi connectivity index (χ3v) is 4.36. The number of anilines is 1. The molecule has 1 heterocycles. The van der Waals surface area contributed by atoms with Crippen molar-refractivity contribution in [2.45, 2.75) is 20.3 Å². The molecule has 0 saturated carbocycles. The molecule has 0 aliphatic rings. The van der Waals surface area contributed by atoms with Gasteiger partial charge < -0.3 is 10.1 Å². The Morgan fingerprint density at radius 1 is 1.25 bits per heavy atom. The molecule has 1 amide bonds. The lowest BCUT2D eigenvalue weighted by atomic mass is 10.2. The summed E-state index contributed by atoms with van der Waals surface area (Å²) in [6.07, 6.45) is 3.68. The Kier molecular flexibility index (Phi) is 6.26. The number of rotatable bonds is 6. The van der Waals surface area contributed by atoms with Gasteiger partial charge in [-0.1, -0.05) is 19.1 Å². The van der Waals surface area contributed by atoms with Crippen molar-refractivity contribution in [3.63, 3.8) is 0 Å². The number of hydrogen-bond donors (Lipinski definition) is 1. The standard InChI is InChI=1S/C18H18FNO3S/c1-3-14-11-15(18(22)23-4-2)17(24-14)20-16(21)10-7-12-5-8-13(19)9-6-12/h5-11H,3-4H2,1-2H3,(H,20,21)/b10-7+. The monoisotopic (exact) mass is 347 g/mol. The smallest absolute Gasteiger partial charge is 0.341 e. The predicted octanol–water partition coefficient (Wildman–Crippen LogP) is 4.28. The highest BCUT2D eigenvalue weighted by Crippen LogP contribution is 2.29. The first kappa shape index (κ1) is 17.9. The first-order chi connectivity index (χ1) is 11.5. The predicted molar refractivity (Wildman–Crippen MR) is 93.7 cm³/mol. The lowest BCUT2D eigenvalue weighted by Gasteiger charge is -2.03. The molecular weight excluding hydrogens is 329 g/mol. The molecule has 2 aromatic rings. The molecule has 1 aromatic carbocycles. The Hall–Kier alpha value is -2.47. The van der Waals surface area contributed by atoms with E-state index in [9.17, 15) is 14.0 Å². The van der Waals surface area contributed by atoms with Gasteiger partial charge in [-0.15, -0.1) is 11.3 Å². The summed E-state index contributed by atoms with van der Waals surface area (Å²) in [7, 11) is 0. The summed E-state index contributed by atoms with van der Waals surface area (Å²) in [6, 6.07) is 7.53. The normalized spacial score (nSPS) is 10.8. The summed E-state index contributed by atoms with van der Waals surface area (Å²) in [6.45, 7) is 3.98. The number of halogens is 1. The molecule has 24 heavy (non-hydrogen) atoms. The van der Waals surface area contributed by atoms with E-state index in [1.54, 1.807) is 31.2 Å². The van der Waals surface area contributed by atoms with E-state index >= 15 is 0 Å². The van der Waals surface area contributed by atoms with Crippen LogP contribution in [0.25, 0.3) is 6.08 Å². The fraction of sp³-hybridized carbons (Fsp3) is 0.222. The number of carbonyl (C=O) groups is 2.